The smallest absolute Gasteiger partial charge is 0.126 e. The van der Waals surface area contributed by atoms with E-state index < -0.39 is 0 Å². The first kappa shape index (κ1) is 12.0. The molecule has 3 rings (SSSR count). The van der Waals surface area contributed by atoms with Gasteiger partial charge >= 0.3 is 0 Å². The minimum Gasteiger partial charge on any atom is -0.493 e. The Labute approximate surface area is 110 Å². The summed E-state index contributed by atoms with van der Waals surface area (Å²) in [5.74, 6) is 1.16. The van der Waals surface area contributed by atoms with E-state index in [0.717, 1.165) is 31.7 Å². The third-order valence-corrected chi connectivity index (χ3v) is 4.71. The first-order valence-electron chi connectivity index (χ1n) is 7.31. The second kappa shape index (κ2) is 4.93. The second-order valence-electron chi connectivity index (χ2n) is 5.79. The van der Waals surface area contributed by atoms with Gasteiger partial charge in [-0.15, -0.1) is 0 Å². The monoisotopic (exact) mass is 245 g/mol. The lowest BCUT2D eigenvalue weighted by atomic mass is 9.68. The number of nitrogens with two attached hydrogens (primary N) is 1. The van der Waals surface area contributed by atoms with Crippen LogP contribution in [0, 0.1) is 0 Å². The summed E-state index contributed by atoms with van der Waals surface area (Å²) in [5.41, 5.74) is 9.11. The Kier molecular flexibility index (Phi) is 3.29. The number of para-hydroxylation sites is 1. The van der Waals surface area contributed by atoms with Crippen molar-refractivity contribution in [3.8, 4) is 5.75 Å². The van der Waals surface area contributed by atoms with Gasteiger partial charge in [0.05, 0.1) is 6.61 Å². The van der Waals surface area contributed by atoms with Gasteiger partial charge in [-0.3, -0.25) is 0 Å². The molecule has 0 spiro atoms. The molecule has 0 amide bonds. The zero-order chi connectivity index (χ0) is 12.4. The Morgan fingerprint density at radius 1 is 1.11 bits per heavy atom. The van der Waals surface area contributed by atoms with Gasteiger partial charge in [0, 0.05) is 17.5 Å². The second-order valence-corrected chi connectivity index (χ2v) is 5.79. The maximum absolute atomic E-state index is 6.15. The molecule has 98 valence electrons. The number of benzene rings is 1. The van der Waals surface area contributed by atoms with Crippen LogP contribution < -0.4 is 10.5 Å². The highest BCUT2D eigenvalue weighted by molar-refractivity contribution is 5.47. The summed E-state index contributed by atoms with van der Waals surface area (Å²) in [6.07, 6.45) is 8.72. The van der Waals surface area contributed by atoms with Crippen LogP contribution in [-0.4, -0.2) is 13.2 Å². The van der Waals surface area contributed by atoms with E-state index in [0.29, 0.717) is 0 Å². The molecule has 1 aromatic carbocycles. The molecule has 0 unspecified atom stereocenters. The van der Waals surface area contributed by atoms with Crippen molar-refractivity contribution in [2.24, 2.45) is 5.73 Å². The first-order valence-corrected chi connectivity index (χ1v) is 7.31. The highest BCUT2D eigenvalue weighted by Gasteiger charge is 2.36. The van der Waals surface area contributed by atoms with Gasteiger partial charge in [0.25, 0.3) is 0 Å². The highest BCUT2D eigenvalue weighted by Crippen LogP contribution is 2.44. The molecule has 18 heavy (non-hydrogen) atoms. The molecule has 0 atom stereocenters. The van der Waals surface area contributed by atoms with Crippen molar-refractivity contribution in [2.45, 2.75) is 50.4 Å². The molecule has 1 fully saturated rings. The highest BCUT2D eigenvalue weighted by atomic mass is 16.5. The number of fused-ring (bicyclic) bond motifs is 1. The van der Waals surface area contributed by atoms with Gasteiger partial charge in [-0.1, -0.05) is 37.5 Å². The van der Waals surface area contributed by atoms with E-state index in [9.17, 15) is 0 Å². The topological polar surface area (TPSA) is 35.2 Å². The number of hydrogen-bond donors (Lipinski definition) is 1. The minimum absolute atomic E-state index is 0.181. The van der Waals surface area contributed by atoms with Crippen molar-refractivity contribution in [3.05, 3.63) is 29.3 Å². The molecule has 2 nitrogen and oxygen atoms in total. The van der Waals surface area contributed by atoms with Crippen LogP contribution in [0.3, 0.4) is 0 Å². The Balaban J connectivity index is 2.04. The maximum Gasteiger partial charge on any atom is 0.126 e. The van der Waals surface area contributed by atoms with Crippen molar-refractivity contribution >= 4 is 0 Å². The van der Waals surface area contributed by atoms with Crippen LogP contribution in [-0.2, 0) is 11.8 Å². The minimum atomic E-state index is 0.181. The molecule has 1 aliphatic heterocycles. The fourth-order valence-corrected chi connectivity index (χ4v) is 3.62. The summed E-state index contributed by atoms with van der Waals surface area (Å²) in [7, 11) is 0. The van der Waals surface area contributed by atoms with E-state index in [4.69, 9.17) is 10.5 Å². The molecule has 0 saturated heterocycles. The molecule has 2 N–H and O–H groups in total. The Morgan fingerprint density at radius 3 is 2.72 bits per heavy atom. The van der Waals surface area contributed by atoms with E-state index in [2.05, 4.69) is 18.2 Å². The molecule has 0 bridgehead atoms. The van der Waals surface area contributed by atoms with E-state index in [1.54, 1.807) is 0 Å². The Hall–Kier alpha value is -1.02. The molecule has 1 aliphatic carbocycles. The van der Waals surface area contributed by atoms with E-state index in [1.165, 1.54) is 43.2 Å². The van der Waals surface area contributed by atoms with Crippen LogP contribution in [0.5, 0.6) is 5.75 Å². The predicted molar refractivity (Wildman–Crippen MR) is 74.1 cm³/mol. The zero-order valence-corrected chi connectivity index (χ0v) is 11.1. The van der Waals surface area contributed by atoms with E-state index in [1.807, 2.05) is 0 Å². The summed E-state index contributed by atoms with van der Waals surface area (Å²) >= 11 is 0. The average Bonchev–Trinajstić information content (AvgIpc) is 2.47. The molecule has 1 heterocycles. The molecule has 2 aliphatic rings. The Bertz CT molecular complexity index is 421. The third-order valence-electron chi connectivity index (χ3n) is 4.71. The first-order chi connectivity index (χ1) is 8.86. The molecule has 1 aromatic rings. The van der Waals surface area contributed by atoms with Crippen LogP contribution in [0.15, 0.2) is 18.2 Å². The number of ether oxygens (including phenoxy) is 1. The number of rotatable bonds is 2. The van der Waals surface area contributed by atoms with Gasteiger partial charge in [-0.25, -0.2) is 0 Å². The zero-order valence-electron chi connectivity index (χ0n) is 11.1. The van der Waals surface area contributed by atoms with Gasteiger partial charge in [-0.2, -0.15) is 0 Å². The van der Waals surface area contributed by atoms with Gasteiger partial charge in [0.2, 0.25) is 0 Å². The van der Waals surface area contributed by atoms with Crippen LogP contribution >= 0.6 is 0 Å². The van der Waals surface area contributed by atoms with Crippen molar-refractivity contribution in [2.75, 3.05) is 13.2 Å². The predicted octanol–water partition coefficient (Wildman–Crippen LogP) is 3.17. The largest absolute Gasteiger partial charge is 0.493 e. The van der Waals surface area contributed by atoms with Crippen LogP contribution in [0.2, 0.25) is 0 Å². The van der Waals surface area contributed by atoms with Crippen LogP contribution in [0.4, 0.5) is 0 Å². The third kappa shape index (κ3) is 1.93. The average molecular weight is 245 g/mol. The van der Waals surface area contributed by atoms with Crippen molar-refractivity contribution < 1.29 is 4.74 Å². The van der Waals surface area contributed by atoms with Gasteiger partial charge < -0.3 is 10.5 Å². The summed E-state index contributed by atoms with van der Waals surface area (Å²) in [4.78, 5) is 0. The SMILES string of the molecule is NCC1(c2cccc3c2OCCC3)CCCCC1. The number of aryl methyl sites for hydroxylation is 1. The fourth-order valence-electron chi connectivity index (χ4n) is 3.62. The van der Waals surface area contributed by atoms with Crippen molar-refractivity contribution in [1.29, 1.82) is 0 Å². The molecule has 2 heteroatoms. The van der Waals surface area contributed by atoms with E-state index in [-0.39, 0.29) is 5.41 Å². The molecule has 0 aromatic heterocycles. The molecular formula is C16H23NO. The molecule has 1 saturated carbocycles. The van der Waals surface area contributed by atoms with Crippen LogP contribution in [0.25, 0.3) is 0 Å². The van der Waals surface area contributed by atoms with Gasteiger partial charge in [0.1, 0.15) is 5.75 Å². The normalized spacial score (nSPS) is 22.1. The Morgan fingerprint density at radius 2 is 1.94 bits per heavy atom. The fraction of sp³-hybridized carbons (Fsp3) is 0.625. The maximum atomic E-state index is 6.15. The summed E-state index contributed by atoms with van der Waals surface area (Å²) in [6, 6.07) is 6.65. The van der Waals surface area contributed by atoms with Gasteiger partial charge in [0.15, 0.2) is 0 Å². The van der Waals surface area contributed by atoms with Crippen LogP contribution in [0.1, 0.15) is 49.7 Å². The standard InChI is InChI=1S/C16H23NO/c17-12-16(9-2-1-3-10-16)14-8-4-6-13-7-5-11-18-15(13)14/h4,6,8H,1-3,5,7,9-12,17H2. The summed E-state index contributed by atoms with van der Waals surface area (Å²) < 4.78 is 5.98. The van der Waals surface area contributed by atoms with Crippen molar-refractivity contribution in [1.82, 2.24) is 0 Å². The number of hydrogen-bond acceptors (Lipinski definition) is 2. The lowest BCUT2D eigenvalue weighted by Crippen LogP contribution is -2.38. The molecular weight excluding hydrogens is 222 g/mol. The quantitative estimate of drug-likeness (QED) is 0.868. The van der Waals surface area contributed by atoms with Gasteiger partial charge in [-0.05, 0) is 31.2 Å². The molecule has 0 radical (unpaired) electrons. The lowest BCUT2D eigenvalue weighted by Gasteiger charge is -2.39. The summed E-state index contributed by atoms with van der Waals surface area (Å²) in [6.45, 7) is 1.62. The summed E-state index contributed by atoms with van der Waals surface area (Å²) in [5, 5.41) is 0. The lowest BCUT2D eigenvalue weighted by molar-refractivity contribution is 0.254. The van der Waals surface area contributed by atoms with Crippen molar-refractivity contribution in [3.63, 3.8) is 0 Å². The van der Waals surface area contributed by atoms with E-state index >= 15 is 0 Å².